The lowest BCUT2D eigenvalue weighted by Gasteiger charge is -2.42. The molecule has 2 aromatic carbocycles. The second kappa shape index (κ2) is 8.07. The first-order chi connectivity index (χ1) is 10.3. The summed E-state index contributed by atoms with van der Waals surface area (Å²) in [7, 11) is 2.86. The third-order valence-corrected chi connectivity index (χ3v) is 7.95. The maximum absolute atomic E-state index is 2.94. The molecular weight excluding hydrogens is 290 g/mol. The molecule has 2 rings (SSSR count). The van der Waals surface area contributed by atoms with Crippen molar-refractivity contribution in [2.45, 2.75) is 25.4 Å². The Hall–Kier alpha value is -0.700. The SMILES string of the molecule is CCP(CC)C(CCP)(c1ccccc1)c1ccccc1. The lowest BCUT2D eigenvalue weighted by molar-refractivity contribution is 0.698. The molecule has 0 heterocycles. The molecule has 1 atom stereocenters. The standard InChI is InChI=1S/C19H26P2/c1-3-21(4-2)19(15-16-20,17-11-7-5-8-12-17)18-13-9-6-10-14-18/h5-14H,3-4,15-16,20H2,1-2H3. The largest absolute Gasteiger partial charge is 0.138 e. The molecule has 2 aromatic rings. The van der Waals surface area contributed by atoms with Gasteiger partial charge in [0.1, 0.15) is 0 Å². The fraction of sp³-hybridized carbons (Fsp3) is 0.368. The number of rotatable bonds is 7. The van der Waals surface area contributed by atoms with E-state index in [4.69, 9.17) is 0 Å². The van der Waals surface area contributed by atoms with E-state index in [1.54, 1.807) is 0 Å². The summed E-state index contributed by atoms with van der Waals surface area (Å²) in [5, 5.41) is 0.198. The van der Waals surface area contributed by atoms with Crippen LogP contribution in [0.4, 0.5) is 0 Å². The predicted molar refractivity (Wildman–Crippen MR) is 101 cm³/mol. The van der Waals surface area contributed by atoms with Crippen LogP contribution in [-0.2, 0) is 5.16 Å². The maximum Gasteiger partial charge on any atom is 0.0404 e. The highest BCUT2D eigenvalue weighted by molar-refractivity contribution is 7.59. The van der Waals surface area contributed by atoms with Crippen LogP contribution in [0, 0.1) is 0 Å². The molecule has 112 valence electrons. The van der Waals surface area contributed by atoms with Crippen molar-refractivity contribution in [2.24, 2.45) is 0 Å². The molecule has 0 fully saturated rings. The fourth-order valence-electron chi connectivity index (χ4n) is 3.38. The Labute approximate surface area is 133 Å². The smallest absolute Gasteiger partial charge is 0.0404 e. The van der Waals surface area contributed by atoms with Crippen molar-refractivity contribution in [2.75, 3.05) is 18.5 Å². The second-order valence-electron chi connectivity index (χ2n) is 5.30. The average molecular weight is 316 g/mol. The summed E-state index contributed by atoms with van der Waals surface area (Å²) in [6, 6.07) is 22.3. The summed E-state index contributed by atoms with van der Waals surface area (Å²) in [6.07, 6.45) is 4.91. The summed E-state index contributed by atoms with van der Waals surface area (Å²) in [5.41, 5.74) is 2.99. The third-order valence-electron chi connectivity index (χ3n) is 4.31. The van der Waals surface area contributed by atoms with Gasteiger partial charge in [-0.2, -0.15) is 0 Å². The van der Waals surface area contributed by atoms with Crippen molar-refractivity contribution >= 4 is 17.2 Å². The van der Waals surface area contributed by atoms with Crippen LogP contribution < -0.4 is 0 Å². The molecule has 0 aliphatic rings. The van der Waals surface area contributed by atoms with Crippen LogP contribution in [0.1, 0.15) is 31.4 Å². The van der Waals surface area contributed by atoms with Crippen LogP contribution in [0.2, 0.25) is 0 Å². The van der Waals surface area contributed by atoms with Crippen molar-refractivity contribution in [3.05, 3.63) is 71.8 Å². The highest BCUT2D eigenvalue weighted by Gasteiger charge is 2.38. The average Bonchev–Trinajstić information content (AvgIpc) is 2.56. The van der Waals surface area contributed by atoms with E-state index in [1.165, 1.54) is 29.9 Å². The van der Waals surface area contributed by atoms with Crippen molar-refractivity contribution in [1.29, 1.82) is 0 Å². The van der Waals surface area contributed by atoms with E-state index in [0.29, 0.717) is 0 Å². The highest BCUT2D eigenvalue weighted by Crippen LogP contribution is 2.61. The topological polar surface area (TPSA) is 0 Å². The van der Waals surface area contributed by atoms with Gasteiger partial charge in [0.05, 0.1) is 0 Å². The van der Waals surface area contributed by atoms with Gasteiger partial charge in [-0.25, -0.2) is 0 Å². The van der Waals surface area contributed by atoms with Gasteiger partial charge < -0.3 is 0 Å². The molecule has 0 saturated heterocycles. The van der Waals surface area contributed by atoms with Crippen LogP contribution in [0.15, 0.2) is 60.7 Å². The Bertz CT molecular complexity index is 478. The summed E-state index contributed by atoms with van der Waals surface area (Å²) >= 11 is 0. The van der Waals surface area contributed by atoms with Crippen LogP contribution in [0.25, 0.3) is 0 Å². The van der Waals surface area contributed by atoms with E-state index in [9.17, 15) is 0 Å². The van der Waals surface area contributed by atoms with Crippen LogP contribution in [0.3, 0.4) is 0 Å². The molecule has 0 saturated carbocycles. The van der Waals surface area contributed by atoms with Gasteiger partial charge in [-0.3, -0.25) is 0 Å². The Kier molecular flexibility index (Phi) is 6.40. The van der Waals surface area contributed by atoms with Crippen LogP contribution in [0.5, 0.6) is 0 Å². The molecule has 0 amide bonds. The molecule has 0 N–H and O–H groups in total. The van der Waals surface area contributed by atoms with Gasteiger partial charge >= 0.3 is 0 Å². The molecule has 0 aromatic heterocycles. The molecular formula is C19H26P2. The fourth-order valence-corrected chi connectivity index (χ4v) is 7.06. The van der Waals surface area contributed by atoms with Crippen molar-refractivity contribution in [3.8, 4) is 0 Å². The summed E-state index contributed by atoms with van der Waals surface area (Å²) in [4.78, 5) is 0. The lowest BCUT2D eigenvalue weighted by atomic mass is 9.88. The van der Waals surface area contributed by atoms with Crippen LogP contribution in [-0.4, -0.2) is 18.5 Å². The van der Waals surface area contributed by atoms with Gasteiger partial charge in [-0.05, 0) is 36.0 Å². The lowest BCUT2D eigenvalue weighted by Crippen LogP contribution is -2.28. The minimum atomic E-state index is -0.0757. The molecule has 0 radical (unpaired) electrons. The third kappa shape index (κ3) is 3.39. The highest BCUT2D eigenvalue weighted by atomic mass is 31.1. The van der Waals surface area contributed by atoms with E-state index in [-0.39, 0.29) is 13.1 Å². The molecule has 21 heavy (non-hydrogen) atoms. The van der Waals surface area contributed by atoms with Gasteiger partial charge in [0, 0.05) is 5.16 Å². The van der Waals surface area contributed by atoms with Gasteiger partial charge in [0.2, 0.25) is 0 Å². The van der Waals surface area contributed by atoms with Crippen molar-refractivity contribution < 1.29 is 0 Å². The molecule has 0 aliphatic carbocycles. The zero-order chi connectivity index (χ0) is 15.1. The number of hydrogen-bond acceptors (Lipinski definition) is 0. The van der Waals surface area contributed by atoms with Gasteiger partial charge in [0.15, 0.2) is 0 Å². The van der Waals surface area contributed by atoms with Crippen molar-refractivity contribution in [3.63, 3.8) is 0 Å². The number of benzene rings is 2. The monoisotopic (exact) mass is 316 g/mol. The maximum atomic E-state index is 2.94. The van der Waals surface area contributed by atoms with Crippen molar-refractivity contribution in [1.82, 2.24) is 0 Å². The van der Waals surface area contributed by atoms with E-state index < -0.39 is 0 Å². The molecule has 0 aliphatic heterocycles. The Balaban J connectivity index is 2.65. The second-order valence-corrected chi connectivity index (χ2v) is 8.99. The molecule has 0 nitrogen and oxygen atoms in total. The molecule has 1 unspecified atom stereocenters. The molecule has 0 bridgehead atoms. The molecule has 2 heteroatoms. The Morgan fingerprint density at radius 3 is 1.57 bits per heavy atom. The Morgan fingerprint density at radius 1 is 0.810 bits per heavy atom. The number of hydrogen-bond donors (Lipinski definition) is 0. The van der Waals surface area contributed by atoms with E-state index >= 15 is 0 Å². The zero-order valence-corrected chi connectivity index (χ0v) is 15.2. The first-order valence-electron chi connectivity index (χ1n) is 7.85. The van der Waals surface area contributed by atoms with E-state index in [1.807, 2.05) is 0 Å². The first-order valence-corrected chi connectivity index (χ1v) is 10.4. The van der Waals surface area contributed by atoms with Gasteiger partial charge in [-0.15, -0.1) is 9.24 Å². The first kappa shape index (κ1) is 16.7. The summed E-state index contributed by atoms with van der Waals surface area (Å²) in [6.45, 7) is 4.72. The van der Waals surface area contributed by atoms with Gasteiger partial charge in [-0.1, -0.05) is 82.4 Å². The van der Waals surface area contributed by atoms with Gasteiger partial charge in [0.25, 0.3) is 0 Å². The summed E-state index contributed by atoms with van der Waals surface area (Å²) in [5.74, 6) is 0. The minimum Gasteiger partial charge on any atom is -0.138 e. The normalized spacial score (nSPS) is 11.8. The minimum absolute atomic E-state index is 0.0757. The van der Waals surface area contributed by atoms with E-state index in [0.717, 1.165) is 6.16 Å². The van der Waals surface area contributed by atoms with Crippen LogP contribution >= 0.6 is 17.2 Å². The predicted octanol–water partition coefficient (Wildman–Crippen LogP) is 5.72. The molecule has 0 spiro atoms. The Morgan fingerprint density at radius 2 is 1.24 bits per heavy atom. The summed E-state index contributed by atoms with van der Waals surface area (Å²) < 4.78 is 0. The van der Waals surface area contributed by atoms with E-state index in [2.05, 4.69) is 83.8 Å². The zero-order valence-electron chi connectivity index (χ0n) is 13.1. The quantitative estimate of drug-likeness (QED) is 0.573.